The van der Waals surface area contributed by atoms with E-state index in [1.54, 1.807) is 0 Å². The number of carbonyl (C=O) groups is 1. The molecule has 0 saturated carbocycles. The lowest BCUT2D eigenvalue weighted by atomic mass is 9.64. The molecule has 0 radical (unpaired) electrons. The molecule has 1 saturated heterocycles. The lowest BCUT2D eigenvalue weighted by Crippen LogP contribution is -2.43. The van der Waals surface area contributed by atoms with Crippen LogP contribution in [0.15, 0.2) is 24.3 Å². The van der Waals surface area contributed by atoms with Crippen molar-refractivity contribution in [3.8, 4) is 0 Å². The number of fused-ring (bicyclic) bond motifs is 1. The van der Waals surface area contributed by atoms with Crippen molar-refractivity contribution < 1.29 is 14.6 Å². The molecule has 1 aliphatic heterocycles. The van der Waals surface area contributed by atoms with Crippen LogP contribution in [0.1, 0.15) is 24.0 Å². The summed E-state index contributed by atoms with van der Waals surface area (Å²) in [5.41, 5.74) is 1.91. The summed E-state index contributed by atoms with van der Waals surface area (Å²) in [6, 6.07) is 8.22. The largest absolute Gasteiger partial charge is 0.481 e. The number of aryl methyl sites for hydroxylation is 1. The minimum absolute atomic E-state index is 0.170. The third-order valence-corrected chi connectivity index (χ3v) is 4.60. The molecule has 2 unspecified atom stereocenters. The van der Waals surface area contributed by atoms with E-state index in [1.807, 2.05) is 12.1 Å². The Morgan fingerprint density at radius 1 is 1.33 bits per heavy atom. The third kappa shape index (κ3) is 1.74. The topological polar surface area (TPSA) is 46.5 Å². The SMILES string of the molecule is O=C(O)C1(C2CCOC2)CCc2ccccc2C1. The van der Waals surface area contributed by atoms with E-state index in [4.69, 9.17) is 4.74 Å². The molecule has 3 nitrogen and oxygen atoms in total. The highest BCUT2D eigenvalue weighted by Gasteiger charge is 2.48. The van der Waals surface area contributed by atoms with Crippen molar-refractivity contribution in [3.63, 3.8) is 0 Å². The first-order chi connectivity index (χ1) is 8.72. The molecule has 1 fully saturated rings. The van der Waals surface area contributed by atoms with Crippen LogP contribution in [-0.2, 0) is 22.4 Å². The summed E-state index contributed by atoms with van der Waals surface area (Å²) >= 11 is 0. The molecule has 1 aromatic carbocycles. The van der Waals surface area contributed by atoms with Crippen molar-refractivity contribution in [2.75, 3.05) is 13.2 Å². The van der Waals surface area contributed by atoms with Gasteiger partial charge in [-0.05, 0) is 36.8 Å². The smallest absolute Gasteiger partial charge is 0.310 e. The first-order valence-electron chi connectivity index (χ1n) is 6.60. The maximum absolute atomic E-state index is 11.8. The van der Waals surface area contributed by atoms with Gasteiger partial charge in [-0.3, -0.25) is 4.79 Å². The highest BCUT2D eigenvalue weighted by atomic mass is 16.5. The van der Waals surface area contributed by atoms with Crippen LogP contribution in [0.3, 0.4) is 0 Å². The van der Waals surface area contributed by atoms with Gasteiger partial charge in [0.2, 0.25) is 0 Å². The predicted octanol–water partition coefficient (Wildman–Crippen LogP) is 2.28. The summed E-state index contributed by atoms with van der Waals surface area (Å²) in [4.78, 5) is 11.8. The lowest BCUT2D eigenvalue weighted by Gasteiger charge is -2.38. The van der Waals surface area contributed by atoms with Crippen molar-refractivity contribution in [2.45, 2.75) is 25.7 Å². The predicted molar refractivity (Wildman–Crippen MR) is 67.5 cm³/mol. The second kappa shape index (κ2) is 4.39. The van der Waals surface area contributed by atoms with E-state index in [2.05, 4.69) is 12.1 Å². The Morgan fingerprint density at radius 2 is 2.11 bits per heavy atom. The fourth-order valence-corrected chi connectivity index (χ4v) is 3.44. The Labute approximate surface area is 107 Å². The van der Waals surface area contributed by atoms with Crippen LogP contribution in [0, 0.1) is 11.3 Å². The average molecular weight is 246 g/mol. The molecule has 1 N–H and O–H groups in total. The van der Waals surface area contributed by atoms with Crippen LogP contribution in [0.5, 0.6) is 0 Å². The molecule has 96 valence electrons. The number of carboxylic acid groups (broad SMARTS) is 1. The van der Waals surface area contributed by atoms with Gasteiger partial charge in [0.1, 0.15) is 0 Å². The van der Waals surface area contributed by atoms with Crippen molar-refractivity contribution in [2.24, 2.45) is 11.3 Å². The second-order valence-electron chi connectivity index (χ2n) is 5.47. The minimum Gasteiger partial charge on any atom is -0.481 e. The highest BCUT2D eigenvalue weighted by Crippen LogP contribution is 2.44. The van der Waals surface area contributed by atoms with Crippen molar-refractivity contribution in [1.29, 1.82) is 0 Å². The molecule has 0 spiro atoms. The van der Waals surface area contributed by atoms with Gasteiger partial charge in [-0.15, -0.1) is 0 Å². The van der Waals surface area contributed by atoms with Gasteiger partial charge in [-0.25, -0.2) is 0 Å². The lowest BCUT2D eigenvalue weighted by molar-refractivity contribution is -0.153. The summed E-state index contributed by atoms with van der Waals surface area (Å²) in [6.07, 6.45) is 3.16. The zero-order chi connectivity index (χ0) is 12.6. The van der Waals surface area contributed by atoms with E-state index < -0.39 is 11.4 Å². The van der Waals surface area contributed by atoms with Crippen molar-refractivity contribution >= 4 is 5.97 Å². The van der Waals surface area contributed by atoms with Crippen LogP contribution >= 0.6 is 0 Å². The summed E-state index contributed by atoms with van der Waals surface area (Å²) in [6.45, 7) is 1.32. The van der Waals surface area contributed by atoms with Crippen LogP contribution in [-0.4, -0.2) is 24.3 Å². The molecule has 3 heteroatoms. The number of aliphatic carboxylic acids is 1. The summed E-state index contributed by atoms with van der Waals surface area (Å²) < 4.78 is 5.41. The van der Waals surface area contributed by atoms with Crippen LogP contribution in [0.2, 0.25) is 0 Å². The Balaban J connectivity index is 1.96. The first-order valence-corrected chi connectivity index (χ1v) is 6.60. The molecular weight excluding hydrogens is 228 g/mol. The fourth-order valence-electron chi connectivity index (χ4n) is 3.44. The first kappa shape index (κ1) is 11.7. The average Bonchev–Trinajstić information content (AvgIpc) is 2.92. The molecule has 18 heavy (non-hydrogen) atoms. The standard InChI is InChI=1S/C15H18O3/c16-14(17)15(13-6-8-18-10-13)7-5-11-3-1-2-4-12(11)9-15/h1-4,13H,5-10H2,(H,16,17). The monoisotopic (exact) mass is 246 g/mol. The molecule has 1 aromatic rings. The summed E-state index contributed by atoms with van der Waals surface area (Å²) in [5, 5.41) is 9.72. The normalized spacial score (nSPS) is 31.0. The van der Waals surface area contributed by atoms with Crippen LogP contribution < -0.4 is 0 Å². The van der Waals surface area contributed by atoms with Gasteiger partial charge in [-0.1, -0.05) is 24.3 Å². The Hall–Kier alpha value is -1.35. The minimum atomic E-state index is -0.646. The molecular formula is C15H18O3. The van der Waals surface area contributed by atoms with Gasteiger partial charge >= 0.3 is 5.97 Å². The van der Waals surface area contributed by atoms with Crippen molar-refractivity contribution in [3.05, 3.63) is 35.4 Å². The summed E-state index contributed by atoms with van der Waals surface area (Å²) in [7, 11) is 0. The molecule has 0 bridgehead atoms. The fraction of sp³-hybridized carbons (Fsp3) is 0.533. The third-order valence-electron chi connectivity index (χ3n) is 4.60. The number of carboxylic acids is 1. The van der Waals surface area contributed by atoms with E-state index >= 15 is 0 Å². The quantitative estimate of drug-likeness (QED) is 0.870. The Bertz CT molecular complexity index is 463. The van der Waals surface area contributed by atoms with E-state index in [9.17, 15) is 9.90 Å². The molecule has 0 amide bonds. The van der Waals surface area contributed by atoms with Crippen LogP contribution in [0.25, 0.3) is 0 Å². The maximum Gasteiger partial charge on any atom is 0.310 e. The Morgan fingerprint density at radius 3 is 2.78 bits per heavy atom. The van der Waals surface area contributed by atoms with Crippen molar-refractivity contribution in [1.82, 2.24) is 0 Å². The number of benzene rings is 1. The molecule has 1 heterocycles. The van der Waals surface area contributed by atoms with Gasteiger partial charge < -0.3 is 9.84 Å². The van der Waals surface area contributed by atoms with E-state index in [0.717, 1.165) is 19.3 Å². The van der Waals surface area contributed by atoms with Gasteiger partial charge in [0.15, 0.2) is 0 Å². The Kier molecular flexibility index (Phi) is 2.86. The zero-order valence-corrected chi connectivity index (χ0v) is 10.4. The number of hydrogen-bond acceptors (Lipinski definition) is 2. The summed E-state index contributed by atoms with van der Waals surface area (Å²) in [5.74, 6) is -0.476. The number of rotatable bonds is 2. The van der Waals surface area contributed by atoms with Crippen LogP contribution in [0.4, 0.5) is 0 Å². The van der Waals surface area contributed by atoms with Gasteiger partial charge in [0.25, 0.3) is 0 Å². The molecule has 3 rings (SSSR count). The number of hydrogen-bond donors (Lipinski definition) is 1. The van der Waals surface area contributed by atoms with Gasteiger partial charge in [-0.2, -0.15) is 0 Å². The molecule has 2 atom stereocenters. The van der Waals surface area contributed by atoms with E-state index in [0.29, 0.717) is 19.6 Å². The van der Waals surface area contributed by atoms with E-state index in [1.165, 1.54) is 11.1 Å². The zero-order valence-electron chi connectivity index (χ0n) is 10.4. The van der Waals surface area contributed by atoms with Gasteiger partial charge in [0.05, 0.1) is 12.0 Å². The highest BCUT2D eigenvalue weighted by molar-refractivity contribution is 5.76. The molecule has 1 aliphatic carbocycles. The van der Waals surface area contributed by atoms with Gasteiger partial charge in [0, 0.05) is 12.5 Å². The maximum atomic E-state index is 11.8. The van der Waals surface area contributed by atoms with E-state index in [-0.39, 0.29) is 5.92 Å². The number of ether oxygens (including phenoxy) is 1. The second-order valence-corrected chi connectivity index (χ2v) is 5.47. The molecule has 2 aliphatic rings. The molecule has 0 aromatic heterocycles.